The lowest BCUT2D eigenvalue weighted by atomic mass is 9.99. The van der Waals surface area contributed by atoms with Crippen molar-refractivity contribution in [3.8, 4) is 0 Å². The molecule has 0 spiro atoms. The zero-order valence-corrected chi connectivity index (χ0v) is 9.53. The van der Waals surface area contributed by atoms with E-state index in [4.69, 9.17) is 0 Å². The molecule has 1 rings (SSSR count). The summed E-state index contributed by atoms with van der Waals surface area (Å²) in [6, 6.07) is 4.37. The molecule has 1 atom stereocenters. The number of carbonyl (C=O) groups excluding carboxylic acids is 2. The van der Waals surface area contributed by atoms with Crippen molar-refractivity contribution in [1.82, 2.24) is 5.32 Å². The van der Waals surface area contributed by atoms with E-state index in [1.54, 1.807) is 13.0 Å². The van der Waals surface area contributed by atoms with Crippen LogP contribution < -0.4 is 10.4 Å². The van der Waals surface area contributed by atoms with Gasteiger partial charge in [0.2, 0.25) is 5.91 Å². The highest BCUT2D eigenvalue weighted by molar-refractivity contribution is 5.82. The summed E-state index contributed by atoms with van der Waals surface area (Å²) in [6.45, 7) is 4.94. The molecule has 1 aromatic rings. The van der Waals surface area contributed by atoms with Crippen molar-refractivity contribution in [2.45, 2.75) is 26.8 Å². The van der Waals surface area contributed by atoms with Crippen molar-refractivity contribution in [3.05, 3.63) is 34.9 Å². The summed E-state index contributed by atoms with van der Waals surface area (Å²) in [6.07, 6.45) is 0. The Morgan fingerprint density at radius 2 is 1.94 bits per heavy atom. The lowest BCUT2D eigenvalue weighted by Crippen LogP contribution is -2.40. The number of carboxylic acid groups (broad SMARTS) is 1. The lowest BCUT2D eigenvalue weighted by Gasteiger charge is -2.21. The molecule has 0 unspecified atom stereocenters. The number of benzene rings is 1. The van der Waals surface area contributed by atoms with E-state index in [-0.39, 0.29) is 0 Å². The van der Waals surface area contributed by atoms with Gasteiger partial charge in [-0.05, 0) is 25.0 Å². The maximum atomic E-state index is 11.0. The topological polar surface area (TPSA) is 69.2 Å². The highest BCUT2D eigenvalue weighted by Crippen LogP contribution is 2.18. The molecule has 0 fully saturated rings. The van der Waals surface area contributed by atoms with Gasteiger partial charge in [0.1, 0.15) is 0 Å². The molecule has 4 nitrogen and oxygen atoms in total. The quantitative estimate of drug-likeness (QED) is 0.792. The van der Waals surface area contributed by atoms with Crippen LogP contribution >= 0.6 is 0 Å². The predicted molar refractivity (Wildman–Crippen MR) is 57.5 cm³/mol. The smallest absolute Gasteiger partial charge is 0.217 e. The first kappa shape index (κ1) is 12.2. The first-order valence-electron chi connectivity index (χ1n) is 4.97. The summed E-state index contributed by atoms with van der Waals surface area (Å²) >= 11 is 0. The van der Waals surface area contributed by atoms with E-state index >= 15 is 0 Å². The number of hydrogen-bond donors (Lipinski definition) is 1. The summed E-state index contributed by atoms with van der Waals surface area (Å²) in [4.78, 5) is 21.9. The first-order chi connectivity index (χ1) is 7.41. The Balaban J connectivity index is 3.14. The van der Waals surface area contributed by atoms with Crippen LogP contribution in [0.2, 0.25) is 0 Å². The Labute approximate surface area is 94.3 Å². The van der Waals surface area contributed by atoms with Crippen LogP contribution in [0.3, 0.4) is 0 Å². The van der Waals surface area contributed by atoms with Gasteiger partial charge in [0.05, 0.1) is 12.0 Å². The number of amides is 1. The molecule has 1 aromatic carbocycles. The fourth-order valence-electron chi connectivity index (χ4n) is 1.54. The zero-order valence-electron chi connectivity index (χ0n) is 9.53. The molecular formula is C12H14NO3-. The van der Waals surface area contributed by atoms with Crippen molar-refractivity contribution >= 4 is 11.9 Å². The molecule has 0 aliphatic rings. The third-order valence-corrected chi connectivity index (χ3v) is 2.33. The van der Waals surface area contributed by atoms with Gasteiger partial charge < -0.3 is 15.2 Å². The van der Waals surface area contributed by atoms with Gasteiger partial charge in [-0.15, -0.1) is 0 Å². The number of hydrogen-bond acceptors (Lipinski definition) is 3. The van der Waals surface area contributed by atoms with Crippen molar-refractivity contribution < 1.29 is 14.7 Å². The molecule has 16 heavy (non-hydrogen) atoms. The molecule has 0 heterocycles. The molecule has 0 radical (unpaired) electrons. The summed E-state index contributed by atoms with van der Waals surface area (Å²) in [5, 5.41) is 13.3. The minimum Gasteiger partial charge on any atom is -0.548 e. The second-order valence-corrected chi connectivity index (χ2v) is 3.81. The third-order valence-electron chi connectivity index (χ3n) is 2.33. The van der Waals surface area contributed by atoms with Crippen molar-refractivity contribution in [3.63, 3.8) is 0 Å². The van der Waals surface area contributed by atoms with Crippen molar-refractivity contribution in [2.24, 2.45) is 0 Å². The molecule has 0 saturated heterocycles. The molecule has 4 heteroatoms. The average Bonchev–Trinajstić information content (AvgIpc) is 2.18. The van der Waals surface area contributed by atoms with Crippen LogP contribution in [0.25, 0.3) is 0 Å². The van der Waals surface area contributed by atoms with Crippen LogP contribution in [0, 0.1) is 13.8 Å². The molecule has 0 aliphatic heterocycles. The van der Waals surface area contributed by atoms with Gasteiger partial charge in [0.15, 0.2) is 0 Å². The van der Waals surface area contributed by atoms with E-state index in [0.717, 1.165) is 11.1 Å². The van der Waals surface area contributed by atoms with Crippen LogP contribution in [0.1, 0.15) is 29.7 Å². The number of rotatable bonds is 3. The minimum atomic E-state index is -1.30. The maximum absolute atomic E-state index is 11.0. The monoisotopic (exact) mass is 220 g/mol. The van der Waals surface area contributed by atoms with Gasteiger partial charge >= 0.3 is 0 Å². The third kappa shape index (κ3) is 2.82. The Kier molecular flexibility index (Phi) is 3.66. The number of nitrogens with one attached hydrogen (secondary N) is 1. The summed E-state index contributed by atoms with van der Waals surface area (Å²) in [5.41, 5.74) is 2.32. The van der Waals surface area contributed by atoms with Crippen LogP contribution in [0.4, 0.5) is 0 Å². The standard InChI is InChI=1S/C12H15NO3/c1-7-4-5-8(2)10(6-7)11(12(15)16)13-9(3)14/h4-6,11H,1-3H3,(H,13,14)(H,15,16)/p-1/t11-/m0/s1. The van der Waals surface area contributed by atoms with E-state index in [9.17, 15) is 14.7 Å². The van der Waals surface area contributed by atoms with Crippen molar-refractivity contribution in [2.75, 3.05) is 0 Å². The van der Waals surface area contributed by atoms with Gasteiger partial charge in [-0.2, -0.15) is 0 Å². The van der Waals surface area contributed by atoms with Crippen LogP contribution in [0.15, 0.2) is 18.2 Å². The van der Waals surface area contributed by atoms with Crippen LogP contribution in [0.5, 0.6) is 0 Å². The first-order valence-corrected chi connectivity index (χ1v) is 4.97. The van der Waals surface area contributed by atoms with Gasteiger partial charge in [-0.25, -0.2) is 0 Å². The highest BCUT2D eigenvalue weighted by atomic mass is 16.4. The molecule has 1 amide bonds. The number of aliphatic carboxylic acids is 1. The van der Waals surface area contributed by atoms with Gasteiger partial charge in [-0.1, -0.05) is 23.8 Å². The average molecular weight is 220 g/mol. The number of aryl methyl sites for hydroxylation is 2. The molecular weight excluding hydrogens is 206 g/mol. The molecule has 0 saturated carbocycles. The molecule has 0 bridgehead atoms. The Morgan fingerprint density at radius 1 is 1.31 bits per heavy atom. The molecule has 1 N–H and O–H groups in total. The maximum Gasteiger partial charge on any atom is 0.217 e. The second-order valence-electron chi connectivity index (χ2n) is 3.81. The summed E-state index contributed by atoms with van der Waals surface area (Å²) < 4.78 is 0. The van der Waals surface area contributed by atoms with Gasteiger partial charge in [-0.3, -0.25) is 4.79 Å². The van der Waals surface area contributed by atoms with E-state index in [2.05, 4.69) is 5.32 Å². The largest absolute Gasteiger partial charge is 0.548 e. The Bertz CT molecular complexity index is 426. The lowest BCUT2D eigenvalue weighted by molar-refractivity contribution is -0.308. The van der Waals surface area contributed by atoms with Crippen LogP contribution in [-0.2, 0) is 9.59 Å². The minimum absolute atomic E-state index is 0.393. The second kappa shape index (κ2) is 4.79. The number of carboxylic acids is 1. The molecule has 0 aliphatic carbocycles. The summed E-state index contributed by atoms with van der Waals surface area (Å²) in [7, 11) is 0. The zero-order chi connectivity index (χ0) is 12.3. The fourth-order valence-corrected chi connectivity index (χ4v) is 1.54. The van der Waals surface area contributed by atoms with Crippen LogP contribution in [-0.4, -0.2) is 11.9 Å². The summed E-state index contributed by atoms with van der Waals surface area (Å²) in [5.74, 6) is -1.70. The number of carbonyl (C=O) groups is 2. The van der Waals surface area contributed by atoms with E-state index in [1.165, 1.54) is 6.92 Å². The Hall–Kier alpha value is -1.84. The van der Waals surface area contributed by atoms with Crippen molar-refractivity contribution in [1.29, 1.82) is 0 Å². The van der Waals surface area contributed by atoms with E-state index in [0.29, 0.717) is 5.56 Å². The molecule has 86 valence electrons. The molecule has 0 aromatic heterocycles. The SMILES string of the molecule is CC(=O)N[C@H](C(=O)[O-])c1cc(C)ccc1C. The normalized spacial score (nSPS) is 11.9. The van der Waals surface area contributed by atoms with Gasteiger partial charge in [0.25, 0.3) is 0 Å². The predicted octanol–water partition coefficient (Wildman–Crippen LogP) is 0.231. The van der Waals surface area contributed by atoms with E-state index < -0.39 is 17.9 Å². The van der Waals surface area contributed by atoms with E-state index in [1.807, 2.05) is 19.1 Å². The van der Waals surface area contributed by atoms with Gasteiger partial charge in [0, 0.05) is 6.92 Å². The Morgan fingerprint density at radius 3 is 2.44 bits per heavy atom. The highest BCUT2D eigenvalue weighted by Gasteiger charge is 2.15. The fraction of sp³-hybridized carbons (Fsp3) is 0.333.